The van der Waals surface area contributed by atoms with Gasteiger partial charge in [-0.3, -0.25) is 0 Å². The molecule has 2 aliphatic carbocycles. The Hall–Kier alpha value is -1.50. The standard InChI is InChI=1S/C19H23N/c1-2-6-15(7-3-1)12-19-16-10-11-17(19)14-20(13-16)18-8-4-5-9-18/h1-4,6-9,16-17,19H,5,10-14H2/t16-,17+,19-. The van der Waals surface area contributed by atoms with Gasteiger partial charge >= 0.3 is 0 Å². The van der Waals surface area contributed by atoms with Crippen molar-refractivity contribution in [1.82, 2.24) is 4.90 Å². The van der Waals surface area contributed by atoms with E-state index in [1.54, 1.807) is 0 Å². The van der Waals surface area contributed by atoms with Crippen molar-refractivity contribution in [3.8, 4) is 0 Å². The van der Waals surface area contributed by atoms with Gasteiger partial charge in [0, 0.05) is 18.8 Å². The minimum atomic E-state index is 0.906. The zero-order chi connectivity index (χ0) is 13.4. The van der Waals surface area contributed by atoms with E-state index in [4.69, 9.17) is 0 Å². The quantitative estimate of drug-likeness (QED) is 0.797. The summed E-state index contributed by atoms with van der Waals surface area (Å²) in [5, 5.41) is 0. The van der Waals surface area contributed by atoms with Gasteiger partial charge in [0.1, 0.15) is 0 Å². The molecule has 1 nitrogen and oxygen atoms in total. The van der Waals surface area contributed by atoms with Crippen LogP contribution in [0.3, 0.4) is 0 Å². The normalized spacial score (nSPS) is 31.7. The topological polar surface area (TPSA) is 3.24 Å². The summed E-state index contributed by atoms with van der Waals surface area (Å²) >= 11 is 0. The molecule has 1 heteroatoms. The van der Waals surface area contributed by atoms with E-state index >= 15 is 0 Å². The zero-order valence-corrected chi connectivity index (χ0v) is 12.0. The molecule has 3 atom stereocenters. The summed E-state index contributed by atoms with van der Waals surface area (Å²) in [4.78, 5) is 2.65. The maximum absolute atomic E-state index is 2.65. The number of fused-ring (bicyclic) bond motifs is 2. The molecule has 20 heavy (non-hydrogen) atoms. The van der Waals surface area contributed by atoms with Crippen molar-refractivity contribution >= 4 is 0 Å². The second-order valence-electron chi connectivity index (χ2n) is 6.62. The van der Waals surface area contributed by atoms with Crippen molar-refractivity contribution < 1.29 is 0 Å². The van der Waals surface area contributed by atoms with E-state index in [0.29, 0.717) is 0 Å². The molecule has 104 valence electrons. The molecule has 1 aliphatic heterocycles. The average Bonchev–Trinajstić information content (AvgIpc) is 3.08. The van der Waals surface area contributed by atoms with E-state index in [1.807, 2.05) is 0 Å². The number of rotatable bonds is 3. The van der Waals surface area contributed by atoms with Gasteiger partial charge in [-0.1, -0.05) is 42.5 Å². The summed E-state index contributed by atoms with van der Waals surface area (Å²) in [5.41, 5.74) is 3.02. The molecule has 4 rings (SSSR count). The summed E-state index contributed by atoms with van der Waals surface area (Å²) in [6, 6.07) is 11.1. The lowest BCUT2D eigenvalue weighted by molar-refractivity contribution is 0.142. The molecule has 1 aromatic carbocycles. The van der Waals surface area contributed by atoms with Crippen molar-refractivity contribution in [2.45, 2.75) is 25.7 Å². The summed E-state index contributed by atoms with van der Waals surface area (Å²) < 4.78 is 0. The monoisotopic (exact) mass is 265 g/mol. The Morgan fingerprint density at radius 2 is 1.75 bits per heavy atom. The highest BCUT2D eigenvalue weighted by Crippen LogP contribution is 2.44. The molecule has 3 aliphatic rings. The van der Waals surface area contributed by atoms with Gasteiger partial charge in [-0.15, -0.1) is 0 Å². The van der Waals surface area contributed by atoms with Crippen molar-refractivity contribution in [1.29, 1.82) is 0 Å². The van der Waals surface area contributed by atoms with Gasteiger partial charge in [0.15, 0.2) is 0 Å². The predicted octanol–water partition coefficient (Wildman–Crippen LogP) is 4.03. The van der Waals surface area contributed by atoms with Crippen LogP contribution in [0.15, 0.2) is 54.3 Å². The number of allylic oxidation sites excluding steroid dienone is 3. The summed E-state index contributed by atoms with van der Waals surface area (Å²) in [5.74, 6) is 2.73. The van der Waals surface area contributed by atoms with Gasteiger partial charge in [0.05, 0.1) is 0 Å². The second-order valence-corrected chi connectivity index (χ2v) is 6.62. The van der Waals surface area contributed by atoms with Crippen LogP contribution in [0, 0.1) is 17.8 Å². The number of benzene rings is 1. The Morgan fingerprint density at radius 3 is 2.40 bits per heavy atom. The minimum Gasteiger partial charge on any atom is -0.371 e. The molecular formula is C19H23N. The average molecular weight is 265 g/mol. The van der Waals surface area contributed by atoms with E-state index in [0.717, 1.165) is 24.2 Å². The first-order chi connectivity index (χ1) is 9.90. The summed E-state index contributed by atoms with van der Waals surface area (Å²) in [6.45, 7) is 2.56. The molecule has 0 spiro atoms. The van der Waals surface area contributed by atoms with E-state index < -0.39 is 0 Å². The van der Waals surface area contributed by atoms with E-state index in [1.165, 1.54) is 43.6 Å². The lowest BCUT2D eigenvalue weighted by atomic mass is 9.80. The van der Waals surface area contributed by atoms with Crippen LogP contribution in [0.25, 0.3) is 0 Å². The first-order valence-corrected chi connectivity index (χ1v) is 8.06. The first kappa shape index (κ1) is 12.3. The fraction of sp³-hybridized carbons (Fsp3) is 0.474. The number of hydrogen-bond acceptors (Lipinski definition) is 1. The summed E-state index contributed by atoms with van der Waals surface area (Å²) in [6.07, 6.45) is 12.3. The van der Waals surface area contributed by atoms with Gasteiger partial charge in [-0.25, -0.2) is 0 Å². The Kier molecular flexibility index (Phi) is 3.14. The molecule has 1 saturated heterocycles. The van der Waals surface area contributed by atoms with Crippen molar-refractivity contribution in [2.24, 2.45) is 17.8 Å². The number of nitrogens with zero attached hydrogens (tertiary/aromatic N) is 1. The smallest absolute Gasteiger partial charge is 0.0325 e. The number of hydrogen-bond donors (Lipinski definition) is 0. The van der Waals surface area contributed by atoms with Crippen LogP contribution in [0.2, 0.25) is 0 Å². The highest BCUT2D eigenvalue weighted by Gasteiger charge is 2.41. The lowest BCUT2D eigenvalue weighted by Gasteiger charge is -2.39. The second kappa shape index (κ2) is 5.12. The van der Waals surface area contributed by atoms with Gasteiger partial charge in [0.25, 0.3) is 0 Å². The van der Waals surface area contributed by atoms with Crippen LogP contribution in [0.1, 0.15) is 24.8 Å². The third-order valence-corrected chi connectivity index (χ3v) is 5.46. The zero-order valence-electron chi connectivity index (χ0n) is 12.0. The highest BCUT2D eigenvalue weighted by atomic mass is 15.2. The molecule has 1 saturated carbocycles. The molecule has 0 aromatic heterocycles. The van der Waals surface area contributed by atoms with Crippen LogP contribution >= 0.6 is 0 Å². The van der Waals surface area contributed by atoms with E-state index in [9.17, 15) is 0 Å². The summed E-state index contributed by atoms with van der Waals surface area (Å²) in [7, 11) is 0. The molecule has 0 unspecified atom stereocenters. The van der Waals surface area contributed by atoms with Crippen LogP contribution in [-0.4, -0.2) is 18.0 Å². The van der Waals surface area contributed by atoms with E-state index in [-0.39, 0.29) is 0 Å². The molecule has 1 heterocycles. The fourth-order valence-electron chi connectivity index (χ4n) is 4.45. The molecule has 2 fully saturated rings. The van der Waals surface area contributed by atoms with Crippen LogP contribution in [-0.2, 0) is 6.42 Å². The van der Waals surface area contributed by atoms with Crippen LogP contribution < -0.4 is 0 Å². The molecule has 0 N–H and O–H groups in total. The van der Waals surface area contributed by atoms with E-state index in [2.05, 4.69) is 53.5 Å². The third-order valence-electron chi connectivity index (χ3n) is 5.46. The van der Waals surface area contributed by atoms with Crippen molar-refractivity contribution in [3.05, 3.63) is 59.8 Å². The van der Waals surface area contributed by atoms with Crippen LogP contribution in [0.5, 0.6) is 0 Å². The Bertz CT molecular complexity index is 514. The maximum atomic E-state index is 2.65. The van der Waals surface area contributed by atoms with Crippen LogP contribution in [0.4, 0.5) is 0 Å². The Morgan fingerprint density at radius 1 is 1.00 bits per heavy atom. The Balaban J connectivity index is 1.48. The van der Waals surface area contributed by atoms with Gasteiger partial charge in [-0.2, -0.15) is 0 Å². The molecule has 2 bridgehead atoms. The number of likely N-dealkylation sites (tertiary alicyclic amines) is 1. The predicted molar refractivity (Wildman–Crippen MR) is 83.3 cm³/mol. The molecular weight excluding hydrogens is 242 g/mol. The molecule has 0 radical (unpaired) electrons. The fourth-order valence-corrected chi connectivity index (χ4v) is 4.45. The largest absolute Gasteiger partial charge is 0.371 e. The highest BCUT2D eigenvalue weighted by molar-refractivity contribution is 5.26. The third kappa shape index (κ3) is 2.19. The number of piperidine rings is 1. The Labute approximate surface area is 122 Å². The minimum absolute atomic E-state index is 0.906. The van der Waals surface area contributed by atoms with Crippen molar-refractivity contribution in [2.75, 3.05) is 13.1 Å². The maximum Gasteiger partial charge on any atom is 0.0325 e. The first-order valence-electron chi connectivity index (χ1n) is 8.06. The molecule has 0 amide bonds. The van der Waals surface area contributed by atoms with Crippen molar-refractivity contribution in [3.63, 3.8) is 0 Å². The van der Waals surface area contributed by atoms with Gasteiger partial charge in [-0.05, 0) is 55.1 Å². The van der Waals surface area contributed by atoms with Gasteiger partial charge < -0.3 is 4.90 Å². The van der Waals surface area contributed by atoms with Gasteiger partial charge in [0.2, 0.25) is 0 Å². The lowest BCUT2D eigenvalue weighted by Crippen LogP contribution is -2.41. The SMILES string of the molecule is C1=CC(N2C[C@H]3CC[C@@H](C2)[C@@H]3Cc2ccccc2)=CC1. The molecule has 1 aromatic rings.